The highest BCUT2D eigenvalue weighted by Crippen LogP contribution is 2.31. The van der Waals surface area contributed by atoms with E-state index in [-0.39, 0.29) is 18.2 Å². The third kappa shape index (κ3) is 3.14. The lowest BCUT2D eigenvalue weighted by Crippen LogP contribution is -2.47. The third-order valence-electron chi connectivity index (χ3n) is 5.45. The second-order valence-corrected chi connectivity index (χ2v) is 7.11. The van der Waals surface area contributed by atoms with Gasteiger partial charge in [0.05, 0.1) is 12.1 Å². The number of hydrogen-bond acceptors (Lipinski definition) is 4. The van der Waals surface area contributed by atoms with E-state index in [0.29, 0.717) is 6.54 Å². The summed E-state index contributed by atoms with van der Waals surface area (Å²) in [6.45, 7) is 3.21. The van der Waals surface area contributed by atoms with Crippen molar-refractivity contribution in [3.8, 4) is 0 Å². The molecule has 2 saturated heterocycles. The Morgan fingerprint density at radius 2 is 2.04 bits per heavy atom. The molecular formula is C17H27N5O2. The minimum Gasteiger partial charge on any atom is -0.376 e. The van der Waals surface area contributed by atoms with Gasteiger partial charge >= 0.3 is 6.03 Å². The number of carbonyl (C=O) groups is 1. The topological polar surface area (TPSA) is 72.3 Å². The van der Waals surface area contributed by atoms with Crippen molar-refractivity contribution >= 4 is 6.03 Å². The number of nitrogens with zero attached hydrogens (tertiary/aromatic N) is 4. The van der Waals surface area contributed by atoms with E-state index in [0.717, 1.165) is 69.9 Å². The molecule has 0 saturated carbocycles. The van der Waals surface area contributed by atoms with Crippen molar-refractivity contribution in [1.82, 2.24) is 25.0 Å². The van der Waals surface area contributed by atoms with E-state index in [1.807, 2.05) is 4.90 Å². The van der Waals surface area contributed by atoms with E-state index >= 15 is 0 Å². The highest BCUT2D eigenvalue weighted by Gasteiger charge is 2.33. The number of amides is 2. The van der Waals surface area contributed by atoms with Crippen LogP contribution < -0.4 is 5.32 Å². The third-order valence-corrected chi connectivity index (χ3v) is 5.45. The SMILES string of the molecule is O=C(NC[C@@H]1CCCO1)N1CCCC[C@@H]1c1nnc2n1CCCC2. The molecule has 0 spiro atoms. The Morgan fingerprint density at radius 1 is 1.12 bits per heavy atom. The van der Waals surface area contributed by atoms with Gasteiger partial charge in [-0.25, -0.2) is 4.79 Å². The van der Waals surface area contributed by atoms with Crippen LogP contribution in [0.2, 0.25) is 0 Å². The van der Waals surface area contributed by atoms with Gasteiger partial charge in [0, 0.05) is 32.7 Å². The van der Waals surface area contributed by atoms with E-state index in [1.165, 1.54) is 12.8 Å². The van der Waals surface area contributed by atoms with Crippen LogP contribution >= 0.6 is 0 Å². The van der Waals surface area contributed by atoms with Gasteiger partial charge in [-0.1, -0.05) is 0 Å². The number of urea groups is 1. The van der Waals surface area contributed by atoms with Crippen LogP contribution in [0.3, 0.4) is 0 Å². The predicted octanol–water partition coefficient (Wildman–Crippen LogP) is 2.03. The van der Waals surface area contributed by atoms with Crippen molar-refractivity contribution in [3.63, 3.8) is 0 Å². The van der Waals surface area contributed by atoms with Gasteiger partial charge in [-0.05, 0) is 44.9 Å². The van der Waals surface area contributed by atoms with Crippen molar-refractivity contribution in [1.29, 1.82) is 0 Å². The summed E-state index contributed by atoms with van der Waals surface area (Å²) in [7, 11) is 0. The number of nitrogens with one attached hydrogen (secondary N) is 1. The van der Waals surface area contributed by atoms with Crippen LogP contribution in [0.4, 0.5) is 4.79 Å². The Labute approximate surface area is 142 Å². The first-order valence-electron chi connectivity index (χ1n) is 9.41. The quantitative estimate of drug-likeness (QED) is 0.919. The van der Waals surface area contributed by atoms with Crippen LogP contribution in [0.5, 0.6) is 0 Å². The molecule has 3 aliphatic rings. The van der Waals surface area contributed by atoms with Crippen molar-refractivity contribution < 1.29 is 9.53 Å². The molecule has 24 heavy (non-hydrogen) atoms. The van der Waals surface area contributed by atoms with Crippen molar-refractivity contribution in [2.45, 2.75) is 70.1 Å². The fourth-order valence-electron chi connectivity index (χ4n) is 4.13. The van der Waals surface area contributed by atoms with Gasteiger partial charge in [-0.2, -0.15) is 0 Å². The van der Waals surface area contributed by atoms with Crippen LogP contribution in [0.15, 0.2) is 0 Å². The molecule has 1 aromatic rings. The molecule has 0 bridgehead atoms. The first kappa shape index (κ1) is 15.9. The minimum absolute atomic E-state index is 0.0170. The minimum atomic E-state index is 0.0170. The Morgan fingerprint density at radius 3 is 2.92 bits per heavy atom. The summed E-state index contributed by atoms with van der Waals surface area (Å²) in [4.78, 5) is 14.7. The maximum absolute atomic E-state index is 12.7. The normalized spacial score (nSPS) is 27.1. The van der Waals surface area contributed by atoms with Crippen LogP contribution in [-0.4, -0.2) is 51.5 Å². The number of aromatic nitrogens is 3. The Bertz CT molecular complexity index is 582. The predicted molar refractivity (Wildman–Crippen MR) is 88.6 cm³/mol. The summed E-state index contributed by atoms with van der Waals surface area (Å²) in [6.07, 6.45) is 8.87. The summed E-state index contributed by atoms with van der Waals surface area (Å²) in [5.41, 5.74) is 0. The number of carbonyl (C=O) groups excluding carboxylic acids is 1. The number of fused-ring (bicyclic) bond motifs is 1. The zero-order valence-corrected chi connectivity index (χ0v) is 14.2. The molecule has 7 nitrogen and oxygen atoms in total. The standard InChI is InChI=1S/C17H27N5O2/c23-17(18-12-13-6-5-11-24-13)21-9-3-1-7-14(21)16-20-19-15-8-2-4-10-22(15)16/h13-14H,1-12H2,(H,18,23)/t13-,14+/m0/s1. The molecule has 3 aliphatic heterocycles. The van der Waals surface area contributed by atoms with Crippen LogP contribution in [0.25, 0.3) is 0 Å². The molecule has 4 heterocycles. The Kier molecular flexibility index (Phi) is 4.69. The first-order chi connectivity index (χ1) is 11.8. The maximum atomic E-state index is 12.7. The zero-order valence-electron chi connectivity index (χ0n) is 14.2. The summed E-state index contributed by atoms with van der Waals surface area (Å²) < 4.78 is 7.85. The van der Waals surface area contributed by atoms with Gasteiger partial charge < -0.3 is 19.5 Å². The van der Waals surface area contributed by atoms with E-state index in [1.54, 1.807) is 0 Å². The molecule has 4 rings (SSSR count). The monoisotopic (exact) mass is 333 g/mol. The lowest BCUT2D eigenvalue weighted by atomic mass is 10.0. The molecule has 0 aromatic carbocycles. The second-order valence-electron chi connectivity index (χ2n) is 7.11. The number of likely N-dealkylation sites (tertiary alicyclic amines) is 1. The fraction of sp³-hybridized carbons (Fsp3) is 0.824. The van der Waals surface area contributed by atoms with E-state index < -0.39 is 0 Å². The maximum Gasteiger partial charge on any atom is 0.318 e. The smallest absolute Gasteiger partial charge is 0.318 e. The van der Waals surface area contributed by atoms with Gasteiger partial charge in [0.15, 0.2) is 5.82 Å². The Hall–Kier alpha value is -1.63. The lowest BCUT2D eigenvalue weighted by Gasteiger charge is -2.35. The molecule has 2 fully saturated rings. The number of ether oxygens (including phenoxy) is 1. The average Bonchev–Trinajstić information content (AvgIpc) is 3.29. The summed E-state index contributed by atoms with van der Waals surface area (Å²) in [6, 6.07) is 0.0750. The molecule has 1 N–H and O–H groups in total. The van der Waals surface area contributed by atoms with Crippen molar-refractivity contribution in [2.24, 2.45) is 0 Å². The van der Waals surface area contributed by atoms with E-state index in [9.17, 15) is 4.79 Å². The highest BCUT2D eigenvalue weighted by atomic mass is 16.5. The van der Waals surface area contributed by atoms with Gasteiger partial charge in [0.1, 0.15) is 5.82 Å². The van der Waals surface area contributed by atoms with Crippen molar-refractivity contribution in [3.05, 3.63) is 11.6 Å². The average molecular weight is 333 g/mol. The summed E-state index contributed by atoms with van der Waals surface area (Å²) in [5, 5.41) is 11.9. The number of hydrogen-bond donors (Lipinski definition) is 1. The largest absolute Gasteiger partial charge is 0.376 e. The van der Waals surface area contributed by atoms with Gasteiger partial charge in [0.2, 0.25) is 0 Å². The van der Waals surface area contributed by atoms with E-state index in [4.69, 9.17) is 4.74 Å². The zero-order chi connectivity index (χ0) is 16.4. The molecule has 0 aliphatic carbocycles. The van der Waals surface area contributed by atoms with E-state index in [2.05, 4.69) is 20.1 Å². The van der Waals surface area contributed by atoms with Crippen LogP contribution in [0.1, 0.15) is 62.6 Å². The molecule has 0 unspecified atom stereocenters. The van der Waals surface area contributed by atoms with Gasteiger partial charge in [0.25, 0.3) is 0 Å². The second kappa shape index (κ2) is 7.09. The molecule has 2 amide bonds. The van der Waals surface area contributed by atoms with Crippen molar-refractivity contribution in [2.75, 3.05) is 19.7 Å². The van der Waals surface area contributed by atoms with Gasteiger partial charge in [-0.3, -0.25) is 0 Å². The van der Waals surface area contributed by atoms with Gasteiger partial charge in [-0.15, -0.1) is 10.2 Å². The molecule has 0 radical (unpaired) electrons. The molecule has 2 atom stereocenters. The summed E-state index contributed by atoms with van der Waals surface area (Å²) >= 11 is 0. The molecule has 7 heteroatoms. The number of rotatable bonds is 3. The Balaban J connectivity index is 1.46. The molecule has 132 valence electrons. The lowest BCUT2D eigenvalue weighted by molar-refractivity contribution is 0.103. The highest BCUT2D eigenvalue weighted by molar-refractivity contribution is 5.74. The fourth-order valence-corrected chi connectivity index (χ4v) is 4.13. The number of aryl methyl sites for hydroxylation is 1. The number of piperidine rings is 1. The van der Waals surface area contributed by atoms with Crippen LogP contribution in [0, 0.1) is 0 Å². The summed E-state index contributed by atoms with van der Waals surface area (Å²) in [5.74, 6) is 2.07. The molecule has 1 aromatic heterocycles. The first-order valence-corrected chi connectivity index (χ1v) is 9.41. The molecular weight excluding hydrogens is 306 g/mol. The van der Waals surface area contributed by atoms with Crippen LogP contribution in [-0.2, 0) is 17.7 Å².